The number of ether oxygens (including phenoxy) is 7. The number of aliphatic hydroxyl groups is 1. The molecule has 2 fully saturated rings. The number of rotatable bonds is 12. The van der Waals surface area contributed by atoms with E-state index in [1.54, 1.807) is 7.11 Å². The number of fused-ring (bicyclic) bond motifs is 4. The minimum Gasteiger partial charge on any atom is -0.466 e. The van der Waals surface area contributed by atoms with Crippen molar-refractivity contribution in [3.05, 3.63) is 35.5 Å². The van der Waals surface area contributed by atoms with E-state index in [1.807, 2.05) is 46.8 Å². The highest BCUT2D eigenvalue weighted by molar-refractivity contribution is 6.74. The number of aliphatic hydroxyl groups excluding tert-OH is 1. The van der Waals surface area contributed by atoms with Crippen LogP contribution in [-0.4, -0.2) is 122 Å². The molecular weight excluding hydrogens is 905 g/mol. The third-order valence-electron chi connectivity index (χ3n) is 14.7. The fourth-order valence-corrected chi connectivity index (χ4v) is 13.5. The second-order valence-corrected chi connectivity index (χ2v) is 31.1. The molecule has 3 rings (SSSR count). The zero-order chi connectivity index (χ0) is 51.5. The number of methoxy groups -OCH3 is 3. The molecule has 0 aromatic rings. The lowest BCUT2D eigenvalue weighted by Gasteiger charge is -2.55. The molecule has 2 saturated heterocycles. The molecule has 0 aromatic carbocycles. The Kier molecular flexibility index (Phi) is 21.6. The highest BCUT2D eigenvalue weighted by Crippen LogP contribution is 2.51. The lowest BCUT2D eigenvalue weighted by Crippen LogP contribution is -2.63. The van der Waals surface area contributed by atoms with E-state index in [4.69, 9.17) is 42.0 Å². The number of carbonyl (C=O) groups is 4. The third kappa shape index (κ3) is 16.5. The van der Waals surface area contributed by atoms with Crippen LogP contribution in [0.1, 0.15) is 134 Å². The van der Waals surface area contributed by atoms with Gasteiger partial charge in [0.2, 0.25) is 0 Å². The largest absolute Gasteiger partial charge is 0.466 e. The van der Waals surface area contributed by atoms with Crippen LogP contribution < -0.4 is 0 Å². The Labute approximate surface area is 410 Å². The van der Waals surface area contributed by atoms with Crippen molar-refractivity contribution in [1.29, 1.82) is 0 Å². The molecule has 1 N–H and O–H groups in total. The van der Waals surface area contributed by atoms with Crippen molar-refractivity contribution in [3.8, 4) is 11.8 Å². The summed E-state index contributed by atoms with van der Waals surface area (Å²) >= 11 is 0. The summed E-state index contributed by atoms with van der Waals surface area (Å²) in [6, 6.07) is 2.48. The molecular formula is C52H86O14Si2. The van der Waals surface area contributed by atoms with Crippen molar-refractivity contribution in [1.82, 2.24) is 0 Å². The molecule has 0 aliphatic carbocycles. The van der Waals surface area contributed by atoms with Crippen molar-refractivity contribution in [2.45, 2.75) is 225 Å². The van der Waals surface area contributed by atoms with E-state index in [9.17, 15) is 24.3 Å². The van der Waals surface area contributed by atoms with Gasteiger partial charge >= 0.3 is 23.9 Å². The average Bonchev–Trinajstić information content (AvgIpc) is 3.24. The summed E-state index contributed by atoms with van der Waals surface area (Å²) < 4.78 is 56.9. The van der Waals surface area contributed by atoms with Crippen LogP contribution in [0.5, 0.6) is 0 Å². The quantitative estimate of drug-likeness (QED) is 0.0490. The molecule has 4 bridgehead atoms. The van der Waals surface area contributed by atoms with Crippen LogP contribution in [0.3, 0.4) is 0 Å². The smallest absolute Gasteiger partial charge is 0.331 e. The standard InChI is InChI=1S/C52H86O14Si2/c1-18-68(19-2,20-3)66-42-31-41-32-45(61-36(5)53)51(11,12)52(60-15,64-41)34-43-27-38(29-47(56)59-14)26-40(62-43)22-24-50(9,10)23-21-37(28-46(55)58-13)25-39(54)30-44(63-48(57)33-42)35(4)65-67(16,17)49(6,7)8/h22,24,28-29,35,39-45,54H,18-20,25-27,30-34H2,1-17H3/b24-22+,37-28-,38-29+/t35-,39+,40+,41-,42-,43+,44-,45+,52+/m1/s1. The fraction of sp³-hybridized carbons (Fsp3) is 0.769. The molecule has 9 atom stereocenters. The first-order chi connectivity index (χ1) is 31.5. The normalized spacial score (nSPS) is 30.9. The van der Waals surface area contributed by atoms with Gasteiger partial charge in [-0.15, -0.1) is 0 Å². The lowest BCUT2D eigenvalue weighted by molar-refractivity contribution is -0.358. The first-order valence-corrected chi connectivity index (χ1v) is 30.0. The molecule has 3 aliphatic rings. The zero-order valence-electron chi connectivity index (χ0n) is 44.5. The Bertz CT molecular complexity index is 1870. The van der Waals surface area contributed by atoms with E-state index in [0.29, 0.717) is 24.8 Å². The van der Waals surface area contributed by atoms with Crippen LogP contribution in [0.25, 0.3) is 0 Å². The topological polar surface area (TPSA) is 172 Å². The fourth-order valence-electron chi connectivity index (χ4n) is 9.21. The Morgan fingerprint density at radius 3 is 2.09 bits per heavy atom. The van der Waals surface area contributed by atoms with Crippen molar-refractivity contribution in [3.63, 3.8) is 0 Å². The maximum Gasteiger partial charge on any atom is 0.331 e. The number of allylic oxidation sites excluding steroid dienone is 1. The Morgan fingerprint density at radius 1 is 0.912 bits per heavy atom. The van der Waals surface area contributed by atoms with E-state index in [-0.39, 0.29) is 37.1 Å². The van der Waals surface area contributed by atoms with Gasteiger partial charge in [0, 0.05) is 62.9 Å². The molecule has 0 unspecified atom stereocenters. The number of carbonyl (C=O) groups excluding carboxylic acids is 4. The van der Waals surface area contributed by atoms with Gasteiger partial charge in [0.05, 0.1) is 62.7 Å². The number of cyclic esters (lactones) is 1. The molecule has 0 amide bonds. The molecule has 0 aromatic heterocycles. The maximum absolute atomic E-state index is 14.5. The van der Waals surface area contributed by atoms with Crippen molar-refractivity contribution < 1.29 is 66.3 Å². The summed E-state index contributed by atoms with van der Waals surface area (Å²) in [6.07, 6.45) is 2.45. The van der Waals surface area contributed by atoms with Gasteiger partial charge in [-0.25, -0.2) is 9.59 Å². The highest BCUT2D eigenvalue weighted by Gasteiger charge is 2.59. The summed E-state index contributed by atoms with van der Waals surface area (Å²) in [5.41, 5.74) is -0.530. The van der Waals surface area contributed by atoms with Crippen LogP contribution in [0, 0.1) is 22.7 Å². The summed E-state index contributed by atoms with van der Waals surface area (Å²) in [7, 11) is -0.591. The van der Waals surface area contributed by atoms with Crippen LogP contribution in [0.4, 0.5) is 0 Å². The average molecular weight is 991 g/mol. The van der Waals surface area contributed by atoms with Gasteiger partial charge in [0.25, 0.3) is 0 Å². The number of hydrogen-bond donors (Lipinski definition) is 1. The van der Waals surface area contributed by atoms with Gasteiger partial charge in [-0.2, -0.15) is 0 Å². The summed E-state index contributed by atoms with van der Waals surface area (Å²) in [5.74, 6) is 2.92. The summed E-state index contributed by atoms with van der Waals surface area (Å²) in [4.78, 5) is 52.7. The molecule has 16 heteroatoms. The van der Waals surface area contributed by atoms with Gasteiger partial charge in [0.1, 0.15) is 12.2 Å². The van der Waals surface area contributed by atoms with E-state index in [0.717, 1.165) is 23.7 Å². The molecule has 0 saturated carbocycles. The predicted molar refractivity (Wildman–Crippen MR) is 266 cm³/mol. The van der Waals surface area contributed by atoms with Crippen LogP contribution in [-0.2, 0) is 61.2 Å². The van der Waals surface area contributed by atoms with E-state index < -0.39 is 106 Å². The van der Waals surface area contributed by atoms with Crippen LogP contribution in [0.2, 0.25) is 36.3 Å². The number of esters is 4. The minimum atomic E-state index is -2.40. The molecule has 0 spiro atoms. The number of hydrogen-bond acceptors (Lipinski definition) is 14. The minimum absolute atomic E-state index is 0.00301. The first kappa shape index (κ1) is 59.2. The van der Waals surface area contributed by atoms with Gasteiger partial charge in [-0.05, 0) is 76.3 Å². The predicted octanol–water partition coefficient (Wildman–Crippen LogP) is 9.45. The first-order valence-electron chi connectivity index (χ1n) is 24.6. The van der Waals surface area contributed by atoms with Gasteiger partial charge in [-0.3, -0.25) is 9.59 Å². The van der Waals surface area contributed by atoms with Gasteiger partial charge < -0.3 is 47.1 Å². The van der Waals surface area contributed by atoms with Crippen LogP contribution >= 0.6 is 0 Å². The van der Waals surface area contributed by atoms with Gasteiger partial charge in [0.15, 0.2) is 22.4 Å². The van der Waals surface area contributed by atoms with Gasteiger partial charge in [-0.1, -0.05) is 85.0 Å². The maximum atomic E-state index is 14.5. The Morgan fingerprint density at radius 2 is 1.53 bits per heavy atom. The molecule has 3 aliphatic heterocycles. The van der Waals surface area contributed by atoms with E-state index in [2.05, 4.69) is 66.5 Å². The van der Waals surface area contributed by atoms with Crippen molar-refractivity contribution in [2.75, 3.05) is 21.3 Å². The Hall–Kier alpha value is -3.15. The van der Waals surface area contributed by atoms with Crippen LogP contribution in [0.15, 0.2) is 35.5 Å². The monoisotopic (exact) mass is 991 g/mol. The molecule has 14 nitrogen and oxygen atoms in total. The van der Waals surface area contributed by atoms with Crippen molar-refractivity contribution >= 4 is 40.5 Å². The molecule has 3 heterocycles. The SMILES string of the molecule is CC[Si](CC)(CC)O[C@H]1CC(=O)O[C@@H]([C@@H](C)O[Si](C)(C)C(C)(C)C)C[C@@H](O)C/C(=C\C(=O)OC)C#CC(C)(C)/C=C/[C@H]2C/C(=C\C(=O)OC)C[C@@H](C[C@]3(OC)O[C@H](C1)C[C@H](OC(C)=O)C3(C)C)O2. The van der Waals surface area contributed by atoms with Crippen molar-refractivity contribution in [2.24, 2.45) is 10.8 Å². The Balaban J connectivity index is 2.32. The summed E-state index contributed by atoms with van der Waals surface area (Å²) in [5, 5.41) is 11.7. The second kappa shape index (κ2) is 24.8. The summed E-state index contributed by atoms with van der Waals surface area (Å²) in [6.45, 7) is 28.0. The zero-order valence-corrected chi connectivity index (χ0v) is 46.5. The van der Waals surface area contributed by atoms with E-state index in [1.165, 1.54) is 33.3 Å². The van der Waals surface area contributed by atoms with E-state index >= 15 is 0 Å². The third-order valence-corrected chi connectivity index (χ3v) is 24.0. The highest BCUT2D eigenvalue weighted by atomic mass is 28.4. The lowest BCUT2D eigenvalue weighted by atomic mass is 9.70. The molecule has 68 heavy (non-hydrogen) atoms. The second-order valence-electron chi connectivity index (χ2n) is 21.6. The molecule has 386 valence electrons. The molecule has 0 radical (unpaired) electrons.